The molecule has 0 aromatic heterocycles. The minimum absolute atomic E-state index is 0.0308. The second kappa shape index (κ2) is 23.8. The molecule has 15 atom stereocenters. The van der Waals surface area contributed by atoms with Crippen LogP contribution in [0.4, 0.5) is 0 Å². The average molecular weight is 872 g/mol. The van der Waals surface area contributed by atoms with Crippen LogP contribution < -0.4 is 0 Å². The molecule has 3 aliphatic heterocycles. The Hall–Kier alpha value is -3.04. The van der Waals surface area contributed by atoms with Gasteiger partial charge >= 0.3 is 5.97 Å². The van der Waals surface area contributed by atoms with Gasteiger partial charge in [0.2, 0.25) is 5.91 Å². The van der Waals surface area contributed by atoms with Crippen LogP contribution in [-0.4, -0.2) is 122 Å². The lowest BCUT2D eigenvalue weighted by molar-refractivity contribution is -0.283. The number of rotatable bonds is 4. The van der Waals surface area contributed by atoms with Crippen LogP contribution in [0.15, 0.2) is 47.6 Å². The van der Waals surface area contributed by atoms with Crippen molar-refractivity contribution in [1.29, 1.82) is 0 Å². The molecule has 1 saturated carbocycles. The molecule has 0 radical (unpaired) electrons. The zero-order valence-electron chi connectivity index (χ0n) is 38.5. The highest BCUT2D eigenvalue weighted by Gasteiger charge is 2.46. The maximum atomic E-state index is 14.3. The number of nitrogens with zero attached hydrogens (tertiary/aromatic N) is 1. The molecule has 5 N–H and O–H groups in total. The van der Waals surface area contributed by atoms with Crippen LogP contribution in [0.25, 0.3) is 0 Å². The average Bonchev–Trinajstić information content (AvgIpc) is 3.23. The summed E-state index contributed by atoms with van der Waals surface area (Å²) in [5, 5.41) is 55.5. The predicted molar refractivity (Wildman–Crippen MR) is 235 cm³/mol. The van der Waals surface area contributed by atoms with E-state index in [9.17, 15) is 44.7 Å². The first-order valence-corrected chi connectivity index (χ1v) is 23.2. The molecule has 0 aromatic carbocycles. The molecule has 0 spiro atoms. The van der Waals surface area contributed by atoms with Crippen LogP contribution in [-0.2, 0) is 33.4 Å². The van der Waals surface area contributed by atoms with Gasteiger partial charge in [-0.05, 0) is 107 Å². The molecule has 3 heterocycles. The predicted octanol–water partition coefficient (Wildman–Crippen LogP) is 5.69. The Morgan fingerprint density at radius 1 is 0.871 bits per heavy atom. The molecular weight excluding hydrogens is 795 g/mol. The molecule has 2 bridgehead atoms. The molecule has 62 heavy (non-hydrogen) atoms. The number of fused-ring (bicyclic) bond motifs is 3. The number of amides is 1. The van der Waals surface area contributed by atoms with Crippen molar-refractivity contribution in [2.45, 2.75) is 186 Å². The van der Waals surface area contributed by atoms with E-state index in [1.54, 1.807) is 46.1 Å². The Kier molecular flexibility index (Phi) is 19.8. The Morgan fingerprint density at radius 3 is 2.31 bits per heavy atom. The Labute approximate surface area is 369 Å². The SMILES string of the molecule is CO[C@H]1C[C@H](C[C@@H](C)[C@H]2CC(=O)[C@H](C)C=C(C)[C@@H](O)[C@@H](O)C(=O)[C@H](C)C[C@H](C)C=CC=CC=C(C)[C@@H](O)C[C@H]3CC[C@@H](C)[C@](O)(CC(=O)N4CCCC[C@H]4C(=O)O2)O3)CC[C@H]1O. The van der Waals surface area contributed by atoms with Gasteiger partial charge in [-0.1, -0.05) is 71.1 Å². The number of hydrogen-bond donors (Lipinski definition) is 5. The highest BCUT2D eigenvalue weighted by molar-refractivity contribution is 5.87. The topological polar surface area (TPSA) is 200 Å². The van der Waals surface area contributed by atoms with Crippen molar-refractivity contribution in [2.75, 3.05) is 13.7 Å². The van der Waals surface area contributed by atoms with E-state index in [1.165, 1.54) is 4.90 Å². The Balaban J connectivity index is 1.65. The quantitative estimate of drug-likeness (QED) is 0.171. The number of allylic oxidation sites excluding steroid dienone is 6. The van der Waals surface area contributed by atoms with Gasteiger partial charge in [0.15, 0.2) is 11.6 Å². The molecule has 1 amide bonds. The first kappa shape index (κ1) is 51.6. The summed E-state index contributed by atoms with van der Waals surface area (Å²) >= 11 is 0. The zero-order valence-corrected chi connectivity index (χ0v) is 38.5. The lowest BCUT2D eigenvalue weighted by Gasteiger charge is -2.44. The lowest BCUT2D eigenvalue weighted by atomic mass is 9.78. The monoisotopic (exact) mass is 872 g/mol. The number of methoxy groups -OCH3 is 1. The van der Waals surface area contributed by atoms with Gasteiger partial charge in [0.05, 0.1) is 30.8 Å². The second-order valence-electron chi connectivity index (χ2n) is 19.3. The smallest absolute Gasteiger partial charge is 0.329 e. The highest BCUT2D eigenvalue weighted by Crippen LogP contribution is 2.38. The Morgan fingerprint density at radius 2 is 1.60 bits per heavy atom. The number of aliphatic hydroxyl groups is 5. The molecule has 3 fully saturated rings. The lowest BCUT2D eigenvalue weighted by Crippen LogP contribution is -2.54. The van der Waals surface area contributed by atoms with Crippen LogP contribution in [0.1, 0.15) is 132 Å². The summed E-state index contributed by atoms with van der Waals surface area (Å²) in [5.74, 6) is -5.54. The Bertz CT molecular complexity index is 1640. The number of Topliss-reactive ketones (excluding diaryl/α,β-unsaturated/α-hetero) is 2. The van der Waals surface area contributed by atoms with Crippen LogP contribution in [0.5, 0.6) is 0 Å². The molecule has 4 rings (SSSR count). The number of esters is 1. The third-order valence-electron chi connectivity index (χ3n) is 14.1. The molecule has 4 aliphatic rings. The van der Waals surface area contributed by atoms with Crippen molar-refractivity contribution < 1.29 is 58.9 Å². The van der Waals surface area contributed by atoms with E-state index >= 15 is 0 Å². The minimum atomic E-state index is -1.81. The van der Waals surface area contributed by atoms with E-state index in [-0.39, 0.29) is 66.9 Å². The number of ketones is 2. The van der Waals surface area contributed by atoms with Gasteiger partial charge < -0.3 is 44.6 Å². The maximum Gasteiger partial charge on any atom is 0.329 e. The zero-order chi connectivity index (χ0) is 45.9. The van der Waals surface area contributed by atoms with Crippen LogP contribution in [0.2, 0.25) is 0 Å². The van der Waals surface area contributed by atoms with Crippen molar-refractivity contribution >= 4 is 23.4 Å². The fraction of sp³-hybridized carbons (Fsp3) is 0.755. The van der Waals surface area contributed by atoms with Crippen LogP contribution >= 0.6 is 0 Å². The summed E-state index contributed by atoms with van der Waals surface area (Å²) in [5.41, 5.74) is 0.961. The molecule has 0 aromatic rings. The molecular formula is C49H77NO12. The van der Waals surface area contributed by atoms with E-state index in [0.717, 1.165) is 6.42 Å². The largest absolute Gasteiger partial charge is 0.460 e. The second-order valence-corrected chi connectivity index (χ2v) is 19.3. The highest BCUT2D eigenvalue weighted by atomic mass is 16.6. The van der Waals surface area contributed by atoms with Crippen molar-refractivity contribution in [2.24, 2.45) is 35.5 Å². The third-order valence-corrected chi connectivity index (χ3v) is 14.1. The van der Waals surface area contributed by atoms with Gasteiger partial charge in [0.1, 0.15) is 30.1 Å². The summed E-state index contributed by atoms with van der Waals surface area (Å²) in [6.45, 7) is 12.8. The van der Waals surface area contributed by atoms with Gasteiger partial charge in [0, 0.05) is 44.2 Å². The number of aliphatic hydroxyl groups excluding tert-OH is 4. The van der Waals surface area contributed by atoms with Crippen LogP contribution in [0.3, 0.4) is 0 Å². The van der Waals surface area contributed by atoms with Crippen molar-refractivity contribution in [1.82, 2.24) is 4.90 Å². The van der Waals surface area contributed by atoms with E-state index in [1.807, 2.05) is 45.9 Å². The van der Waals surface area contributed by atoms with Crippen molar-refractivity contribution in [3.05, 3.63) is 47.6 Å². The van der Waals surface area contributed by atoms with E-state index in [0.29, 0.717) is 63.4 Å². The number of cyclic esters (lactones) is 1. The summed E-state index contributed by atoms with van der Waals surface area (Å²) in [4.78, 5) is 57.2. The maximum absolute atomic E-state index is 14.3. The van der Waals surface area contributed by atoms with Gasteiger partial charge in [-0.2, -0.15) is 0 Å². The fourth-order valence-corrected chi connectivity index (χ4v) is 9.72. The summed E-state index contributed by atoms with van der Waals surface area (Å²) in [6.07, 6.45) is 9.90. The first-order chi connectivity index (χ1) is 29.2. The molecule has 0 unspecified atom stereocenters. The summed E-state index contributed by atoms with van der Waals surface area (Å²) in [7, 11) is 1.57. The minimum Gasteiger partial charge on any atom is -0.460 e. The molecule has 2 saturated heterocycles. The number of carbonyl (C=O) groups is 4. The van der Waals surface area contributed by atoms with E-state index in [4.69, 9.17) is 14.2 Å². The standard InChI is InChI=1S/C49H77NO12/c1-29-14-10-9-11-15-30(2)40(52)26-37-19-17-35(7)49(59,62-37)28-44(54)50-21-13-12-16-38(50)48(58)61-42(32(4)24-36-18-20-39(51)43(25-36)60-8)27-41(53)31(3)23-34(6)46(56)47(57)45(55)33(5)22-29/h9-11,14-15,23,29,31-33,35-40,42-43,46-47,51-52,56-57,59H,12-13,16-22,24-28H2,1-8H3/t29-,31-,32-,33-,35-,36+,37-,38+,39-,40+,42-,43+,46-,47+,49+/m1/s1. The van der Waals surface area contributed by atoms with Gasteiger partial charge in [0.25, 0.3) is 0 Å². The van der Waals surface area contributed by atoms with Gasteiger partial charge in [-0.15, -0.1) is 0 Å². The van der Waals surface area contributed by atoms with Gasteiger partial charge in [-0.25, -0.2) is 4.79 Å². The molecule has 1 aliphatic carbocycles. The van der Waals surface area contributed by atoms with Crippen LogP contribution in [0, 0.1) is 35.5 Å². The van der Waals surface area contributed by atoms with Crippen molar-refractivity contribution in [3.8, 4) is 0 Å². The molecule has 13 heteroatoms. The van der Waals surface area contributed by atoms with E-state index < -0.39 is 77.9 Å². The third kappa shape index (κ3) is 14.2. The van der Waals surface area contributed by atoms with Gasteiger partial charge in [-0.3, -0.25) is 14.4 Å². The summed E-state index contributed by atoms with van der Waals surface area (Å²) in [6, 6.07) is -0.935. The normalized spacial score (nSPS) is 39.0. The van der Waals surface area contributed by atoms with Crippen molar-refractivity contribution in [3.63, 3.8) is 0 Å². The number of piperidine rings is 1. The first-order valence-electron chi connectivity index (χ1n) is 23.2. The van der Waals surface area contributed by atoms with E-state index in [2.05, 4.69) is 0 Å². The molecule has 13 nitrogen and oxygen atoms in total. The number of ether oxygens (including phenoxy) is 3. The number of carbonyl (C=O) groups excluding carboxylic acids is 4. The number of hydrogen-bond acceptors (Lipinski definition) is 12. The summed E-state index contributed by atoms with van der Waals surface area (Å²) < 4.78 is 18.1. The fourth-order valence-electron chi connectivity index (χ4n) is 9.72. The molecule has 350 valence electrons.